The molecule has 1 saturated heterocycles. The minimum absolute atomic E-state index is 0.00253. The van der Waals surface area contributed by atoms with E-state index in [1.54, 1.807) is 4.90 Å². The zero-order valence-electron chi connectivity index (χ0n) is 11.2. The molecule has 1 atom stereocenters. The SMILES string of the molecule is CCN1CCN(C(=O)C2CCC2)C(CC(=O)O)C1=O. The molecular weight excluding hydrogens is 248 g/mol. The molecule has 2 aliphatic rings. The van der Waals surface area contributed by atoms with E-state index in [2.05, 4.69) is 0 Å². The summed E-state index contributed by atoms with van der Waals surface area (Å²) in [5.74, 6) is -1.31. The van der Waals surface area contributed by atoms with Gasteiger partial charge in [0.05, 0.1) is 6.42 Å². The van der Waals surface area contributed by atoms with Gasteiger partial charge in [-0.3, -0.25) is 14.4 Å². The van der Waals surface area contributed by atoms with Gasteiger partial charge in [0.25, 0.3) is 0 Å². The molecule has 2 rings (SSSR count). The molecule has 1 saturated carbocycles. The lowest BCUT2D eigenvalue weighted by molar-refractivity contribution is -0.158. The van der Waals surface area contributed by atoms with Crippen molar-refractivity contribution in [2.75, 3.05) is 19.6 Å². The van der Waals surface area contributed by atoms with Crippen LogP contribution < -0.4 is 0 Å². The molecule has 19 heavy (non-hydrogen) atoms. The van der Waals surface area contributed by atoms with Gasteiger partial charge in [0.2, 0.25) is 11.8 Å². The Morgan fingerprint density at radius 1 is 1.32 bits per heavy atom. The molecule has 0 aromatic carbocycles. The molecule has 0 aromatic rings. The second kappa shape index (κ2) is 5.59. The number of piperazine rings is 1. The van der Waals surface area contributed by atoms with Crippen LogP contribution in [0, 0.1) is 5.92 Å². The Labute approximate surface area is 112 Å². The van der Waals surface area contributed by atoms with E-state index < -0.39 is 12.0 Å². The van der Waals surface area contributed by atoms with E-state index >= 15 is 0 Å². The smallest absolute Gasteiger partial charge is 0.305 e. The van der Waals surface area contributed by atoms with Crippen LogP contribution in [0.4, 0.5) is 0 Å². The van der Waals surface area contributed by atoms with Gasteiger partial charge in [0, 0.05) is 25.6 Å². The number of carboxylic acid groups (broad SMARTS) is 1. The quantitative estimate of drug-likeness (QED) is 0.796. The maximum absolute atomic E-state index is 12.3. The Bertz CT molecular complexity index is 392. The molecule has 1 aliphatic heterocycles. The molecule has 1 heterocycles. The minimum atomic E-state index is -1.04. The number of carbonyl (C=O) groups excluding carboxylic acids is 2. The second-order valence-electron chi connectivity index (χ2n) is 5.19. The van der Waals surface area contributed by atoms with Gasteiger partial charge in [-0.25, -0.2) is 0 Å². The average molecular weight is 268 g/mol. The molecule has 2 amide bonds. The zero-order chi connectivity index (χ0) is 14.0. The number of hydrogen-bond acceptors (Lipinski definition) is 3. The van der Waals surface area contributed by atoms with Gasteiger partial charge in [-0.15, -0.1) is 0 Å². The maximum Gasteiger partial charge on any atom is 0.305 e. The third-order valence-corrected chi connectivity index (χ3v) is 4.07. The fourth-order valence-corrected chi connectivity index (χ4v) is 2.67. The van der Waals surface area contributed by atoms with Crippen molar-refractivity contribution >= 4 is 17.8 Å². The molecule has 1 aliphatic carbocycles. The summed E-state index contributed by atoms with van der Waals surface area (Å²) >= 11 is 0. The van der Waals surface area contributed by atoms with Crippen LogP contribution in [0.25, 0.3) is 0 Å². The fraction of sp³-hybridized carbons (Fsp3) is 0.769. The predicted molar refractivity (Wildman–Crippen MR) is 67.3 cm³/mol. The van der Waals surface area contributed by atoms with Crippen LogP contribution in [0.2, 0.25) is 0 Å². The summed E-state index contributed by atoms with van der Waals surface area (Å²) in [5.41, 5.74) is 0. The van der Waals surface area contributed by atoms with E-state index in [-0.39, 0.29) is 24.2 Å². The molecule has 0 bridgehead atoms. The monoisotopic (exact) mass is 268 g/mol. The highest BCUT2D eigenvalue weighted by molar-refractivity contribution is 5.92. The van der Waals surface area contributed by atoms with E-state index in [1.165, 1.54) is 4.90 Å². The van der Waals surface area contributed by atoms with Crippen LogP contribution in [-0.4, -0.2) is 58.4 Å². The molecule has 1 N–H and O–H groups in total. The van der Waals surface area contributed by atoms with Crippen LogP contribution >= 0.6 is 0 Å². The lowest BCUT2D eigenvalue weighted by Crippen LogP contribution is -2.60. The first-order chi connectivity index (χ1) is 9.04. The first-order valence-corrected chi connectivity index (χ1v) is 6.85. The normalized spacial score (nSPS) is 24.3. The number of aliphatic carboxylic acids is 1. The van der Waals surface area contributed by atoms with Gasteiger partial charge in [-0.2, -0.15) is 0 Å². The van der Waals surface area contributed by atoms with E-state index in [0.717, 1.165) is 19.3 Å². The molecular formula is C13H20N2O4. The van der Waals surface area contributed by atoms with Crippen LogP contribution in [0.1, 0.15) is 32.6 Å². The Morgan fingerprint density at radius 2 is 2.00 bits per heavy atom. The van der Waals surface area contributed by atoms with E-state index in [9.17, 15) is 14.4 Å². The lowest BCUT2D eigenvalue weighted by atomic mass is 9.83. The molecule has 1 unspecified atom stereocenters. The number of hydrogen-bond donors (Lipinski definition) is 1. The van der Waals surface area contributed by atoms with Crippen molar-refractivity contribution in [3.05, 3.63) is 0 Å². The van der Waals surface area contributed by atoms with E-state index in [0.29, 0.717) is 19.6 Å². The lowest BCUT2D eigenvalue weighted by Gasteiger charge is -2.42. The Hall–Kier alpha value is -1.59. The summed E-state index contributed by atoms with van der Waals surface area (Å²) in [4.78, 5) is 38.5. The average Bonchev–Trinajstić information content (AvgIpc) is 2.28. The largest absolute Gasteiger partial charge is 0.481 e. The number of carboxylic acids is 1. The van der Waals surface area contributed by atoms with Crippen LogP contribution in [0.5, 0.6) is 0 Å². The molecule has 0 spiro atoms. The highest BCUT2D eigenvalue weighted by Gasteiger charge is 2.41. The number of amides is 2. The van der Waals surface area contributed by atoms with Gasteiger partial charge < -0.3 is 14.9 Å². The highest BCUT2D eigenvalue weighted by Crippen LogP contribution is 2.30. The summed E-state index contributed by atoms with van der Waals surface area (Å²) in [6.45, 7) is 3.37. The van der Waals surface area contributed by atoms with Gasteiger partial charge in [0.1, 0.15) is 6.04 Å². The van der Waals surface area contributed by atoms with Crippen LogP contribution in [0.15, 0.2) is 0 Å². The summed E-state index contributed by atoms with van der Waals surface area (Å²) in [7, 11) is 0. The zero-order valence-corrected chi connectivity index (χ0v) is 11.2. The van der Waals surface area contributed by atoms with E-state index in [1.807, 2.05) is 6.92 Å². The predicted octanol–water partition coefficient (Wildman–Crippen LogP) is 0.320. The van der Waals surface area contributed by atoms with Gasteiger partial charge in [-0.05, 0) is 19.8 Å². The van der Waals surface area contributed by atoms with Gasteiger partial charge in [0.15, 0.2) is 0 Å². The fourth-order valence-electron chi connectivity index (χ4n) is 2.67. The third-order valence-electron chi connectivity index (χ3n) is 4.07. The Kier molecular flexibility index (Phi) is 4.07. The summed E-state index contributed by atoms with van der Waals surface area (Å²) in [5, 5.41) is 8.94. The molecule has 0 radical (unpaired) electrons. The third kappa shape index (κ3) is 2.72. The summed E-state index contributed by atoms with van der Waals surface area (Å²) < 4.78 is 0. The van der Waals surface area contributed by atoms with Crippen molar-refractivity contribution in [1.82, 2.24) is 9.80 Å². The van der Waals surface area contributed by atoms with Crippen molar-refractivity contribution in [2.24, 2.45) is 5.92 Å². The van der Waals surface area contributed by atoms with Crippen molar-refractivity contribution < 1.29 is 19.5 Å². The summed E-state index contributed by atoms with van der Waals surface area (Å²) in [6.07, 6.45) is 2.47. The van der Waals surface area contributed by atoms with Crippen molar-refractivity contribution in [3.8, 4) is 0 Å². The van der Waals surface area contributed by atoms with Crippen molar-refractivity contribution in [1.29, 1.82) is 0 Å². The van der Waals surface area contributed by atoms with Crippen LogP contribution in [0.3, 0.4) is 0 Å². The number of carbonyl (C=O) groups is 3. The van der Waals surface area contributed by atoms with E-state index in [4.69, 9.17) is 5.11 Å². The highest BCUT2D eigenvalue weighted by atomic mass is 16.4. The molecule has 2 fully saturated rings. The first kappa shape index (κ1) is 13.8. The second-order valence-corrected chi connectivity index (χ2v) is 5.19. The number of likely N-dealkylation sites (N-methyl/N-ethyl adjacent to an activating group) is 1. The minimum Gasteiger partial charge on any atom is -0.481 e. The first-order valence-electron chi connectivity index (χ1n) is 6.85. The van der Waals surface area contributed by atoms with Crippen molar-refractivity contribution in [3.63, 3.8) is 0 Å². The summed E-state index contributed by atoms with van der Waals surface area (Å²) in [6, 6.07) is -0.820. The van der Waals surface area contributed by atoms with Crippen LogP contribution in [-0.2, 0) is 14.4 Å². The Morgan fingerprint density at radius 3 is 2.47 bits per heavy atom. The maximum atomic E-state index is 12.3. The standard InChI is InChI=1S/C13H20N2O4/c1-2-14-6-7-15(12(18)9-4-3-5-9)10(13(14)19)8-11(16)17/h9-10H,2-8H2,1H3,(H,16,17). The van der Waals surface area contributed by atoms with Gasteiger partial charge >= 0.3 is 5.97 Å². The number of rotatable bonds is 4. The van der Waals surface area contributed by atoms with Crippen molar-refractivity contribution in [2.45, 2.75) is 38.6 Å². The van der Waals surface area contributed by atoms with Gasteiger partial charge in [-0.1, -0.05) is 6.42 Å². The molecule has 0 aromatic heterocycles. The molecule has 6 heteroatoms. The Balaban J connectivity index is 2.13. The topological polar surface area (TPSA) is 77.9 Å². The number of nitrogens with zero attached hydrogens (tertiary/aromatic N) is 2. The molecule has 6 nitrogen and oxygen atoms in total. The molecule has 106 valence electrons.